The van der Waals surface area contributed by atoms with E-state index in [9.17, 15) is 25.8 Å². The van der Waals surface area contributed by atoms with Crippen LogP contribution in [0.4, 0.5) is 13.2 Å². The van der Waals surface area contributed by atoms with Crippen LogP contribution in [0, 0.1) is 0 Å². The van der Waals surface area contributed by atoms with Crippen LogP contribution in [0.5, 0.6) is 5.88 Å². The van der Waals surface area contributed by atoms with Gasteiger partial charge in [0, 0.05) is 10.0 Å². The second kappa shape index (κ2) is 9.80. The van der Waals surface area contributed by atoms with Crippen molar-refractivity contribution in [2.45, 2.75) is 37.1 Å². The molecule has 184 valence electrons. The molecule has 0 radical (unpaired) electrons. The number of aromatic nitrogens is 1. The lowest BCUT2D eigenvalue weighted by Crippen LogP contribution is -2.36. The molecule has 0 saturated carbocycles. The molecule has 2 unspecified atom stereocenters. The van der Waals surface area contributed by atoms with Crippen LogP contribution in [0.15, 0.2) is 63.5 Å². The van der Waals surface area contributed by atoms with E-state index in [0.29, 0.717) is 15.6 Å². The van der Waals surface area contributed by atoms with Crippen LogP contribution in [0.2, 0.25) is 0 Å². The highest BCUT2D eigenvalue weighted by Crippen LogP contribution is 2.38. The van der Waals surface area contributed by atoms with Crippen molar-refractivity contribution in [2.75, 3.05) is 0 Å². The number of nitrogens with zero attached hydrogens (tertiary/aromatic N) is 1. The third-order valence-corrected chi connectivity index (χ3v) is 7.40. The van der Waals surface area contributed by atoms with Crippen LogP contribution >= 0.6 is 15.9 Å². The summed E-state index contributed by atoms with van der Waals surface area (Å²) < 4.78 is 88.6. The van der Waals surface area contributed by atoms with Gasteiger partial charge in [0.05, 0.1) is 15.7 Å². The van der Waals surface area contributed by atoms with Gasteiger partial charge in [-0.15, -0.1) is 0 Å². The van der Waals surface area contributed by atoms with Crippen LogP contribution in [0.25, 0.3) is 11.5 Å². The molecule has 2 aromatic carbocycles. The summed E-state index contributed by atoms with van der Waals surface area (Å²) in [6.45, 7) is 5.07. The molecule has 1 aromatic heterocycles. The van der Waals surface area contributed by atoms with Gasteiger partial charge in [-0.1, -0.05) is 46.3 Å². The topological polar surface area (TPSA) is 98.5 Å². The Kier molecular flexibility index (Phi) is 7.60. The van der Waals surface area contributed by atoms with Gasteiger partial charge in [-0.3, -0.25) is 0 Å². The Morgan fingerprint density at radius 3 is 2.18 bits per heavy atom. The van der Waals surface area contributed by atoms with E-state index in [1.165, 1.54) is 0 Å². The van der Waals surface area contributed by atoms with Crippen molar-refractivity contribution < 1.29 is 34.4 Å². The van der Waals surface area contributed by atoms with E-state index < -0.39 is 43.3 Å². The van der Waals surface area contributed by atoms with Crippen LogP contribution in [-0.4, -0.2) is 27.9 Å². The largest absolute Gasteiger partial charge is 0.534 e. The average Bonchev–Trinajstić information content (AvgIpc) is 3.14. The first-order valence-electron chi connectivity index (χ1n) is 9.69. The molecular formula is C21H20BrF3N2O5S2. The van der Waals surface area contributed by atoms with Crippen LogP contribution < -0.4 is 8.91 Å². The van der Waals surface area contributed by atoms with Gasteiger partial charge >= 0.3 is 15.6 Å². The lowest BCUT2D eigenvalue weighted by atomic mass is 10.1. The fraction of sp³-hybridized carbons (Fsp3) is 0.286. The number of oxazole rings is 1. The zero-order valence-electron chi connectivity index (χ0n) is 18.1. The van der Waals surface area contributed by atoms with Gasteiger partial charge in [0.15, 0.2) is 5.76 Å². The molecule has 0 aliphatic rings. The first-order chi connectivity index (χ1) is 15.7. The molecule has 0 amide bonds. The van der Waals surface area contributed by atoms with Crippen LogP contribution in [-0.2, 0) is 21.1 Å². The minimum Gasteiger partial charge on any atom is -0.435 e. The van der Waals surface area contributed by atoms with Crippen molar-refractivity contribution in [1.82, 2.24) is 9.71 Å². The van der Waals surface area contributed by atoms with Gasteiger partial charge in [-0.05, 0) is 50.6 Å². The second-order valence-electron chi connectivity index (χ2n) is 8.02. The Balaban J connectivity index is 2.20. The predicted molar refractivity (Wildman–Crippen MR) is 125 cm³/mol. The molecule has 0 aliphatic heterocycles. The SMILES string of the molecule is CC(C)(C)S(=O)NC(c1ccc(Br)cc1)c1oc(-c2ccccc2)nc1OS(=O)(=O)C(F)(F)F. The van der Waals surface area contributed by atoms with Crippen molar-refractivity contribution in [3.8, 4) is 17.3 Å². The molecule has 13 heteroatoms. The summed E-state index contributed by atoms with van der Waals surface area (Å²) in [5, 5.41) is 0. The molecule has 1 heterocycles. The maximum absolute atomic E-state index is 13.1. The second-order valence-corrected chi connectivity index (χ2v) is 12.5. The van der Waals surface area contributed by atoms with Crippen LogP contribution in [0.1, 0.15) is 38.1 Å². The van der Waals surface area contributed by atoms with E-state index in [4.69, 9.17) is 4.42 Å². The highest BCUT2D eigenvalue weighted by atomic mass is 79.9. The van der Waals surface area contributed by atoms with E-state index in [0.717, 1.165) is 0 Å². The molecule has 0 bridgehead atoms. The van der Waals surface area contributed by atoms with Gasteiger partial charge in [-0.25, -0.2) is 8.93 Å². The number of hydrogen-bond donors (Lipinski definition) is 1. The lowest BCUT2D eigenvalue weighted by molar-refractivity contribution is -0.0501. The molecular weight excluding hydrogens is 561 g/mol. The molecule has 3 aromatic rings. The molecule has 0 fully saturated rings. The zero-order valence-corrected chi connectivity index (χ0v) is 21.3. The average molecular weight is 581 g/mol. The minimum atomic E-state index is -6.06. The number of rotatable bonds is 7. The number of benzene rings is 2. The fourth-order valence-electron chi connectivity index (χ4n) is 2.63. The zero-order chi connectivity index (χ0) is 25.3. The van der Waals surface area contributed by atoms with E-state index in [-0.39, 0.29) is 11.7 Å². The smallest absolute Gasteiger partial charge is 0.435 e. The Morgan fingerprint density at radius 2 is 1.65 bits per heavy atom. The Morgan fingerprint density at radius 1 is 1.06 bits per heavy atom. The van der Waals surface area contributed by atoms with Crippen molar-refractivity contribution in [3.63, 3.8) is 0 Å². The first-order valence-corrected chi connectivity index (χ1v) is 13.0. The summed E-state index contributed by atoms with van der Waals surface area (Å²) in [4.78, 5) is 3.90. The summed E-state index contributed by atoms with van der Waals surface area (Å²) in [7, 11) is -7.79. The molecule has 3 rings (SSSR count). The van der Waals surface area contributed by atoms with Gasteiger partial charge in [0.25, 0.3) is 5.88 Å². The summed E-state index contributed by atoms with van der Waals surface area (Å²) in [6, 6.07) is 13.5. The van der Waals surface area contributed by atoms with Gasteiger partial charge in [0.1, 0.15) is 6.04 Å². The maximum atomic E-state index is 13.1. The number of alkyl halides is 3. The number of nitrogens with one attached hydrogen (secondary N) is 1. The Labute approximate surface area is 205 Å². The standard InChI is InChI=1S/C21H20BrF3N2O5S2/c1-20(2,3)33(28)27-16(13-9-11-15(22)12-10-13)17-19(32-34(29,30)21(23,24)25)26-18(31-17)14-7-5-4-6-8-14/h4-12,16,27H,1-3H3. The van der Waals surface area contributed by atoms with E-state index in [2.05, 4.69) is 29.8 Å². The molecule has 2 atom stereocenters. The van der Waals surface area contributed by atoms with Gasteiger partial charge < -0.3 is 8.60 Å². The fourth-order valence-corrected chi connectivity index (χ4v) is 4.12. The van der Waals surface area contributed by atoms with Gasteiger partial charge in [-0.2, -0.15) is 26.6 Å². The molecule has 0 spiro atoms. The third kappa shape index (κ3) is 6.06. The molecule has 7 nitrogen and oxygen atoms in total. The van der Waals surface area contributed by atoms with E-state index >= 15 is 0 Å². The molecule has 1 N–H and O–H groups in total. The van der Waals surface area contributed by atoms with E-state index in [1.54, 1.807) is 75.4 Å². The number of hydrogen-bond acceptors (Lipinski definition) is 6. The van der Waals surface area contributed by atoms with Gasteiger partial charge in [0.2, 0.25) is 5.89 Å². The van der Waals surface area contributed by atoms with Crippen molar-refractivity contribution in [3.05, 3.63) is 70.4 Å². The first kappa shape index (κ1) is 26.4. The highest BCUT2D eigenvalue weighted by molar-refractivity contribution is 9.10. The molecule has 34 heavy (non-hydrogen) atoms. The lowest BCUT2D eigenvalue weighted by Gasteiger charge is -2.23. The quantitative estimate of drug-likeness (QED) is 0.294. The monoisotopic (exact) mass is 580 g/mol. The van der Waals surface area contributed by atoms with Crippen LogP contribution in [0.3, 0.4) is 0 Å². The molecule has 0 saturated heterocycles. The summed E-state index contributed by atoms with van der Waals surface area (Å²) >= 11 is 3.30. The Hall–Kier alpha value is -2.22. The predicted octanol–water partition coefficient (Wildman–Crippen LogP) is 5.47. The van der Waals surface area contributed by atoms with Crippen molar-refractivity contribution in [1.29, 1.82) is 0 Å². The normalized spacial score (nSPS) is 14.6. The highest BCUT2D eigenvalue weighted by Gasteiger charge is 2.50. The number of halogens is 4. The van der Waals surface area contributed by atoms with Crippen molar-refractivity contribution in [2.24, 2.45) is 0 Å². The van der Waals surface area contributed by atoms with Crippen molar-refractivity contribution >= 4 is 37.0 Å². The molecule has 0 aliphatic carbocycles. The Bertz CT molecular complexity index is 1270. The summed E-state index contributed by atoms with van der Waals surface area (Å²) in [6.07, 6.45) is 0. The minimum absolute atomic E-state index is 0.173. The summed E-state index contributed by atoms with van der Waals surface area (Å²) in [5.41, 5.74) is -4.90. The maximum Gasteiger partial charge on any atom is 0.534 e. The van der Waals surface area contributed by atoms with E-state index in [1.807, 2.05) is 0 Å². The summed E-state index contributed by atoms with van der Waals surface area (Å²) in [5.74, 6) is -1.47. The third-order valence-electron chi connectivity index (χ3n) is 4.36.